The van der Waals surface area contributed by atoms with Crippen molar-refractivity contribution in [2.45, 2.75) is 112 Å². The van der Waals surface area contributed by atoms with E-state index < -0.39 is 0 Å². The molecule has 0 N–H and O–H groups in total. The highest BCUT2D eigenvalue weighted by molar-refractivity contribution is 8.23. The number of rotatable bonds is 13. The fraction of sp³-hybridized carbons (Fsp3) is 0.622. The Morgan fingerprint density at radius 2 is 1.00 bits per heavy atom. The van der Waals surface area contributed by atoms with Gasteiger partial charge >= 0.3 is 0 Å². The number of aryl methyl sites for hydroxylation is 2. The van der Waals surface area contributed by atoms with Crippen LogP contribution in [0, 0.1) is 13.8 Å². The average molecular weight is 676 g/mol. The summed E-state index contributed by atoms with van der Waals surface area (Å²) in [5.41, 5.74) is 5.46. The van der Waals surface area contributed by atoms with Crippen molar-refractivity contribution in [2.24, 2.45) is 0 Å². The van der Waals surface area contributed by atoms with Gasteiger partial charge in [-0.2, -0.15) is 0 Å². The molecular weight excluding hydrogens is 615 g/mol. The van der Waals surface area contributed by atoms with Crippen LogP contribution in [0.2, 0.25) is 0 Å². The topological polar surface area (TPSA) is 11.4 Å². The van der Waals surface area contributed by atoms with Gasteiger partial charge in [0.1, 0.15) is 8.64 Å². The van der Waals surface area contributed by atoms with E-state index in [4.69, 9.17) is 24.4 Å². The summed E-state index contributed by atoms with van der Waals surface area (Å²) < 4.78 is 4.67. The zero-order valence-corrected chi connectivity index (χ0v) is 32.8. The van der Waals surface area contributed by atoms with E-state index in [0.717, 1.165) is 20.1 Å². The van der Waals surface area contributed by atoms with Crippen LogP contribution in [0.1, 0.15) is 109 Å². The Morgan fingerprint density at radius 3 is 1.34 bits per heavy atom. The molecule has 2 aromatic carbocycles. The van der Waals surface area contributed by atoms with Gasteiger partial charge in [0.25, 0.3) is 0 Å². The Morgan fingerprint density at radius 1 is 0.636 bits per heavy atom. The summed E-state index contributed by atoms with van der Waals surface area (Å²) in [5, 5.41) is 2.77. The molecule has 0 aliphatic carbocycles. The summed E-state index contributed by atoms with van der Waals surface area (Å²) in [6.45, 7) is 12.9. The van der Waals surface area contributed by atoms with Crippen molar-refractivity contribution < 1.29 is 0 Å². The molecule has 0 saturated heterocycles. The maximum Gasteiger partial charge on any atom is 0.135 e. The normalized spacial score (nSPS) is 10.8. The summed E-state index contributed by atoms with van der Waals surface area (Å²) in [6, 6.07) is 14.5. The first-order valence-corrected chi connectivity index (χ1v) is 19.5. The van der Waals surface area contributed by atoms with Crippen LogP contribution >= 0.6 is 48.0 Å². The van der Waals surface area contributed by atoms with E-state index in [-0.39, 0.29) is 0 Å². The van der Waals surface area contributed by atoms with Crippen LogP contribution in [-0.2, 0) is 0 Å². The van der Waals surface area contributed by atoms with Gasteiger partial charge in [-0.1, -0.05) is 138 Å². The van der Waals surface area contributed by atoms with Gasteiger partial charge in [0.05, 0.1) is 0 Å². The van der Waals surface area contributed by atoms with Crippen molar-refractivity contribution in [3.05, 3.63) is 47.5 Å². The molecule has 0 saturated carbocycles. The maximum atomic E-state index is 5.44. The second-order valence-electron chi connectivity index (χ2n) is 12.2. The number of thiocarbonyl (C=S) groups is 2. The third kappa shape index (κ3) is 14.4. The predicted molar refractivity (Wildman–Crippen MR) is 214 cm³/mol. The summed E-state index contributed by atoms with van der Waals surface area (Å²) in [5.74, 6) is 2.23. The van der Waals surface area contributed by atoms with E-state index >= 15 is 0 Å². The Hall–Kier alpha value is -1.28. The molecule has 1 aromatic heterocycles. The molecule has 3 nitrogen and oxygen atoms in total. The molecule has 3 aromatic rings. The molecule has 0 spiro atoms. The lowest BCUT2D eigenvalue weighted by Gasteiger charge is -2.22. The summed E-state index contributed by atoms with van der Waals surface area (Å²) in [6.07, 6.45) is 12.4. The van der Waals surface area contributed by atoms with E-state index in [2.05, 4.69) is 82.5 Å². The number of fused-ring (bicyclic) bond motifs is 3. The Balaban J connectivity index is 0.00000149. The second-order valence-corrected chi connectivity index (χ2v) is 15.7. The summed E-state index contributed by atoms with van der Waals surface area (Å²) in [7, 11) is 8.13. The molecule has 0 aliphatic heterocycles. The quantitative estimate of drug-likeness (QED) is 0.131. The number of hydrogen-bond donors (Lipinski definition) is 0. The van der Waals surface area contributed by atoms with E-state index in [9.17, 15) is 0 Å². The fourth-order valence-electron chi connectivity index (χ4n) is 4.96. The van der Waals surface area contributed by atoms with Crippen molar-refractivity contribution in [3.63, 3.8) is 0 Å². The second kappa shape index (κ2) is 23.1. The van der Waals surface area contributed by atoms with E-state index in [1.54, 1.807) is 0 Å². The minimum absolute atomic E-state index is 0.518. The van der Waals surface area contributed by atoms with Gasteiger partial charge in [-0.05, 0) is 62.8 Å². The standard InChI is InChI=1S/C31H45N3S4.2C3H8/c1-23-15-17-26-27-18-16-24(2)22-29(27)34(28(26)21-23)25(13-9-7-11-19-37-30(35)32(3)4)14-10-8-12-20-38-31(36)33(5)6;2*1-3-2/h15-18,21-22,25H,7-14,19-20H2,1-6H3;2*3H2,1-2H3. The maximum absolute atomic E-state index is 5.44. The van der Waals surface area contributed by atoms with Gasteiger partial charge in [-0.15, -0.1) is 0 Å². The molecule has 1 heterocycles. The number of hydrogen-bond acceptors (Lipinski definition) is 4. The number of benzene rings is 2. The van der Waals surface area contributed by atoms with E-state index in [0.29, 0.717) is 6.04 Å². The van der Waals surface area contributed by atoms with Gasteiger partial charge < -0.3 is 14.4 Å². The monoisotopic (exact) mass is 675 g/mol. The minimum Gasteiger partial charge on any atom is -0.364 e. The van der Waals surface area contributed by atoms with E-state index in [1.807, 2.05) is 61.5 Å². The number of unbranched alkanes of at least 4 members (excludes halogenated alkanes) is 4. The zero-order valence-electron chi connectivity index (χ0n) is 29.5. The van der Waals surface area contributed by atoms with Crippen LogP contribution in [0.3, 0.4) is 0 Å². The van der Waals surface area contributed by atoms with Gasteiger partial charge in [0.15, 0.2) is 0 Å². The zero-order chi connectivity index (χ0) is 33.1. The molecule has 3 rings (SSSR count). The highest BCUT2D eigenvalue weighted by Gasteiger charge is 2.19. The molecule has 0 aliphatic rings. The van der Waals surface area contributed by atoms with Crippen LogP contribution in [0.15, 0.2) is 36.4 Å². The van der Waals surface area contributed by atoms with Crippen LogP contribution < -0.4 is 0 Å². The molecule has 0 amide bonds. The average Bonchev–Trinajstić information content (AvgIpc) is 3.28. The summed E-state index contributed by atoms with van der Waals surface area (Å²) >= 11 is 14.5. The highest BCUT2D eigenvalue weighted by atomic mass is 32.2. The first-order valence-electron chi connectivity index (χ1n) is 16.7. The Bertz CT molecular complexity index is 1160. The number of nitrogens with zero attached hydrogens (tertiary/aromatic N) is 3. The molecule has 248 valence electrons. The molecule has 44 heavy (non-hydrogen) atoms. The molecule has 0 bridgehead atoms. The minimum atomic E-state index is 0.518. The third-order valence-corrected chi connectivity index (χ3v) is 10.7. The summed E-state index contributed by atoms with van der Waals surface area (Å²) in [4.78, 5) is 4.07. The van der Waals surface area contributed by atoms with Gasteiger partial charge in [-0.25, -0.2) is 0 Å². The third-order valence-electron chi connectivity index (χ3n) is 7.03. The van der Waals surface area contributed by atoms with Crippen molar-refractivity contribution in [1.82, 2.24) is 14.4 Å². The molecular formula is C37H61N3S4. The largest absolute Gasteiger partial charge is 0.364 e. The lowest BCUT2D eigenvalue weighted by atomic mass is 10.0. The van der Waals surface area contributed by atoms with Gasteiger partial charge in [0, 0.05) is 67.5 Å². The molecule has 0 atom stereocenters. The molecule has 0 unspecified atom stereocenters. The SMILES string of the molecule is CCC.CCC.Cc1ccc2c3ccc(C)cc3n(C(CCCCCSC(=S)N(C)C)CCCCCSC(=S)N(C)C)c2c1. The van der Waals surface area contributed by atoms with Crippen LogP contribution in [-0.4, -0.2) is 62.7 Å². The van der Waals surface area contributed by atoms with Crippen molar-refractivity contribution in [1.29, 1.82) is 0 Å². The Labute approximate surface area is 290 Å². The van der Waals surface area contributed by atoms with Crippen LogP contribution in [0.4, 0.5) is 0 Å². The number of thioether (sulfide) groups is 2. The Kier molecular flexibility index (Phi) is 21.4. The van der Waals surface area contributed by atoms with Gasteiger partial charge in [-0.3, -0.25) is 0 Å². The van der Waals surface area contributed by atoms with Crippen LogP contribution in [0.25, 0.3) is 21.8 Å². The number of aromatic nitrogens is 1. The van der Waals surface area contributed by atoms with Crippen molar-refractivity contribution >= 4 is 78.4 Å². The highest BCUT2D eigenvalue weighted by Crippen LogP contribution is 2.36. The predicted octanol–water partition coefficient (Wildman–Crippen LogP) is 12.1. The molecule has 7 heteroatoms. The first kappa shape index (κ1) is 40.7. The van der Waals surface area contributed by atoms with Gasteiger partial charge in [0.2, 0.25) is 0 Å². The lowest BCUT2D eigenvalue weighted by molar-refractivity contribution is 0.418. The lowest BCUT2D eigenvalue weighted by Crippen LogP contribution is -2.16. The van der Waals surface area contributed by atoms with Crippen molar-refractivity contribution in [3.8, 4) is 0 Å². The molecule has 0 fully saturated rings. The van der Waals surface area contributed by atoms with E-state index in [1.165, 1.54) is 97.1 Å². The van der Waals surface area contributed by atoms with Crippen LogP contribution in [0.5, 0.6) is 0 Å². The molecule has 0 radical (unpaired) electrons. The smallest absolute Gasteiger partial charge is 0.135 e. The fourth-order valence-corrected chi connectivity index (χ4v) is 7.02. The first-order chi connectivity index (χ1) is 21.0. The van der Waals surface area contributed by atoms with Crippen molar-refractivity contribution in [2.75, 3.05) is 39.7 Å².